The Kier molecular flexibility index (Phi) is 3.73. The highest BCUT2D eigenvalue weighted by Crippen LogP contribution is 2.44. The van der Waals surface area contributed by atoms with Gasteiger partial charge in [-0.3, -0.25) is 14.9 Å². The van der Waals surface area contributed by atoms with E-state index in [0.717, 1.165) is 18.9 Å². The molecule has 0 radical (unpaired) electrons. The topological polar surface area (TPSA) is 92.5 Å². The van der Waals surface area contributed by atoms with Crippen LogP contribution in [0.3, 0.4) is 0 Å². The summed E-state index contributed by atoms with van der Waals surface area (Å²) in [7, 11) is 0. The van der Waals surface area contributed by atoms with E-state index < -0.39 is 10.8 Å². The average Bonchev–Trinajstić information content (AvgIpc) is 3.17. The lowest BCUT2D eigenvalue weighted by Gasteiger charge is -2.12. The van der Waals surface area contributed by atoms with Crippen molar-refractivity contribution in [1.29, 1.82) is 0 Å². The maximum atomic E-state index is 11.9. The summed E-state index contributed by atoms with van der Waals surface area (Å²) in [5.41, 5.74) is -0.309. The zero-order chi connectivity index (χ0) is 14.0. The first-order chi connectivity index (χ1) is 8.97. The number of rotatable bonds is 5. The number of aliphatic hydroxyl groups excluding tert-OH is 1. The molecule has 1 aromatic rings. The Morgan fingerprint density at radius 2 is 2.21 bits per heavy atom. The lowest BCUT2D eigenvalue weighted by Crippen LogP contribution is -2.31. The molecule has 0 bridgehead atoms. The summed E-state index contributed by atoms with van der Waals surface area (Å²) < 4.78 is 0. The molecule has 1 fully saturated rings. The number of benzene rings is 1. The molecular formula is C12H13ClN2O4. The van der Waals surface area contributed by atoms with Gasteiger partial charge in [0.1, 0.15) is 5.02 Å². The van der Waals surface area contributed by atoms with Crippen LogP contribution in [0.4, 0.5) is 5.69 Å². The van der Waals surface area contributed by atoms with Crippen molar-refractivity contribution in [3.05, 3.63) is 38.9 Å². The number of hydrogen-bond acceptors (Lipinski definition) is 4. The Labute approximate surface area is 114 Å². The van der Waals surface area contributed by atoms with Gasteiger partial charge in [-0.25, -0.2) is 0 Å². The number of nitro benzene ring substituents is 1. The van der Waals surface area contributed by atoms with Crippen molar-refractivity contribution >= 4 is 23.2 Å². The fourth-order valence-electron chi connectivity index (χ4n) is 1.73. The molecule has 1 aliphatic carbocycles. The zero-order valence-electron chi connectivity index (χ0n) is 10.1. The molecule has 7 heteroatoms. The van der Waals surface area contributed by atoms with E-state index in [2.05, 4.69) is 5.32 Å². The van der Waals surface area contributed by atoms with Crippen LogP contribution in [0.15, 0.2) is 18.2 Å². The van der Waals surface area contributed by atoms with Crippen molar-refractivity contribution < 1.29 is 14.8 Å². The molecule has 1 amide bonds. The first kappa shape index (κ1) is 13.8. The van der Waals surface area contributed by atoms with E-state index in [1.54, 1.807) is 0 Å². The lowest BCUT2D eigenvalue weighted by atomic mass is 10.1. The molecule has 1 saturated carbocycles. The van der Waals surface area contributed by atoms with Gasteiger partial charge in [-0.05, 0) is 25.0 Å². The zero-order valence-corrected chi connectivity index (χ0v) is 10.8. The summed E-state index contributed by atoms with van der Waals surface area (Å²) in [5, 5.41) is 22.5. The van der Waals surface area contributed by atoms with Crippen molar-refractivity contribution in [3.8, 4) is 0 Å². The van der Waals surface area contributed by atoms with Crippen LogP contribution in [0.2, 0.25) is 5.02 Å². The van der Waals surface area contributed by atoms with Gasteiger partial charge in [-0.2, -0.15) is 0 Å². The molecule has 0 aromatic heterocycles. The maximum Gasteiger partial charge on any atom is 0.288 e. The number of halogens is 1. The Morgan fingerprint density at radius 1 is 1.53 bits per heavy atom. The number of hydrogen-bond donors (Lipinski definition) is 2. The van der Waals surface area contributed by atoms with Crippen LogP contribution in [0.5, 0.6) is 0 Å². The third kappa shape index (κ3) is 3.02. The second-order valence-corrected chi connectivity index (χ2v) is 5.17. The fourth-order valence-corrected chi connectivity index (χ4v) is 1.92. The molecule has 0 saturated heterocycles. The summed E-state index contributed by atoms with van der Waals surface area (Å²) in [6, 6.07) is 3.91. The SMILES string of the molecule is O=C(NCC1(CO)CC1)c1ccc(Cl)c([N+](=O)[O-])c1. The fraction of sp³-hybridized carbons (Fsp3) is 0.417. The Hall–Kier alpha value is -1.66. The monoisotopic (exact) mass is 284 g/mol. The molecule has 19 heavy (non-hydrogen) atoms. The predicted octanol–water partition coefficient (Wildman–Crippen LogP) is 1.75. The van der Waals surface area contributed by atoms with E-state index in [4.69, 9.17) is 16.7 Å². The molecule has 0 heterocycles. The summed E-state index contributed by atoms with van der Waals surface area (Å²) in [6.45, 7) is 0.410. The third-order valence-electron chi connectivity index (χ3n) is 3.32. The molecular weight excluding hydrogens is 272 g/mol. The standard InChI is InChI=1S/C12H13ClN2O4/c13-9-2-1-8(5-10(9)15(18)19)11(17)14-6-12(7-16)3-4-12/h1-2,5,16H,3-4,6-7H2,(H,14,17). The average molecular weight is 285 g/mol. The second-order valence-electron chi connectivity index (χ2n) is 4.76. The summed E-state index contributed by atoms with van der Waals surface area (Å²) in [5.74, 6) is -0.403. The summed E-state index contributed by atoms with van der Waals surface area (Å²) >= 11 is 5.67. The number of carbonyl (C=O) groups is 1. The third-order valence-corrected chi connectivity index (χ3v) is 3.64. The molecule has 102 valence electrons. The molecule has 0 atom stereocenters. The molecule has 0 aliphatic heterocycles. The van der Waals surface area contributed by atoms with Crippen molar-refractivity contribution in [2.45, 2.75) is 12.8 Å². The molecule has 2 N–H and O–H groups in total. The minimum atomic E-state index is -0.630. The lowest BCUT2D eigenvalue weighted by molar-refractivity contribution is -0.384. The molecule has 0 spiro atoms. The minimum absolute atomic E-state index is 0.00410. The number of amides is 1. The second kappa shape index (κ2) is 5.14. The van der Waals surface area contributed by atoms with Crippen LogP contribution in [0.25, 0.3) is 0 Å². The van der Waals surface area contributed by atoms with Crippen molar-refractivity contribution in [1.82, 2.24) is 5.32 Å². The smallest absolute Gasteiger partial charge is 0.288 e. The number of nitrogens with one attached hydrogen (secondary N) is 1. The highest BCUT2D eigenvalue weighted by molar-refractivity contribution is 6.32. The van der Waals surface area contributed by atoms with Gasteiger partial charge >= 0.3 is 0 Å². The molecule has 1 aromatic carbocycles. The Morgan fingerprint density at radius 3 is 2.74 bits per heavy atom. The Balaban J connectivity index is 2.07. The molecule has 1 aliphatic rings. The Bertz CT molecular complexity index is 528. The van der Waals surface area contributed by atoms with Crippen LogP contribution in [-0.4, -0.2) is 29.1 Å². The van der Waals surface area contributed by atoms with Crippen LogP contribution in [0.1, 0.15) is 23.2 Å². The quantitative estimate of drug-likeness (QED) is 0.636. The predicted molar refractivity (Wildman–Crippen MR) is 69.2 cm³/mol. The first-order valence-corrected chi connectivity index (χ1v) is 6.18. The van der Waals surface area contributed by atoms with E-state index >= 15 is 0 Å². The van der Waals surface area contributed by atoms with Gasteiger partial charge in [0.25, 0.3) is 11.6 Å². The molecule has 2 rings (SSSR count). The van der Waals surface area contributed by atoms with Gasteiger partial charge in [0.2, 0.25) is 0 Å². The van der Waals surface area contributed by atoms with Crippen LogP contribution in [-0.2, 0) is 0 Å². The van der Waals surface area contributed by atoms with E-state index in [1.165, 1.54) is 12.1 Å². The molecule has 0 unspecified atom stereocenters. The number of nitrogens with zero attached hydrogens (tertiary/aromatic N) is 1. The van der Waals surface area contributed by atoms with E-state index in [1.807, 2.05) is 0 Å². The largest absolute Gasteiger partial charge is 0.396 e. The highest BCUT2D eigenvalue weighted by Gasteiger charge is 2.42. The van der Waals surface area contributed by atoms with Gasteiger partial charge in [-0.1, -0.05) is 11.6 Å². The number of aliphatic hydroxyl groups is 1. The van der Waals surface area contributed by atoms with Gasteiger partial charge in [-0.15, -0.1) is 0 Å². The summed E-state index contributed by atoms with van der Waals surface area (Å²) in [6.07, 6.45) is 1.76. The van der Waals surface area contributed by atoms with Gasteiger partial charge in [0.05, 0.1) is 11.5 Å². The van der Waals surface area contributed by atoms with Crippen molar-refractivity contribution in [2.24, 2.45) is 5.41 Å². The normalized spacial score (nSPS) is 15.9. The molecule has 6 nitrogen and oxygen atoms in total. The first-order valence-electron chi connectivity index (χ1n) is 5.80. The van der Waals surface area contributed by atoms with Gasteiger partial charge in [0, 0.05) is 23.6 Å². The minimum Gasteiger partial charge on any atom is -0.396 e. The van der Waals surface area contributed by atoms with Crippen LogP contribution >= 0.6 is 11.6 Å². The van der Waals surface area contributed by atoms with Gasteiger partial charge < -0.3 is 10.4 Å². The van der Waals surface area contributed by atoms with Gasteiger partial charge in [0.15, 0.2) is 0 Å². The van der Waals surface area contributed by atoms with E-state index in [9.17, 15) is 14.9 Å². The van der Waals surface area contributed by atoms with E-state index in [0.29, 0.717) is 6.54 Å². The van der Waals surface area contributed by atoms with Crippen molar-refractivity contribution in [3.63, 3.8) is 0 Å². The van der Waals surface area contributed by atoms with E-state index in [-0.39, 0.29) is 28.3 Å². The van der Waals surface area contributed by atoms with Crippen molar-refractivity contribution in [2.75, 3.05) is 13.2 Å². The summed E-state index contributed by atoms with van der Waals surface area (Å²) in [4.78, 5) is 22.0. The van der Waals surface area contributed by atoms with Crippen LogP contribution in [0, 0.1) is 15.5 Å². The number of nitro groups is 1. The number of carbonyl (C=O) groups excluding carboxylic acids is 1. The highest BCUT2D eigenvalue weighted by atomic mass is 35.5. The maximum absolute atomic E-state index is 11.9. The van der Waals surface area contributed by atoms with Crippen LogP contribution < -0.4 is 5.32 Å².